The lowest BCUT2D eigenvalue weighted by Crippen LogP contribution is -2.35. The highest BCUT2D eigenvalue weighted by atomic mass is 35.5. The summed E-state index contributed by atoms with van der Waals surface area (Å²) in [6.07, 6.45) is -1.46. The van der Waals surface area contributed by atoms with Gasteiger partial charge in [0.25, 0.3) is 0 Å². The molecule has 0 aliphatic heterocycles. The van der Waals surface area contributed by atoms with E-state index in [-0.39, 0.29) is 10.7 Å². The molecule has 0 heterocycles. The number of halogens is 3. The molecule has 0 bridgehead atoms. The van der Waals surface area contributed by atoms with Crippen LogP contribution in [0.4, 0.5) is 19.3 Å². The topological polar surface area (TPSA) is 57.6 Å². The zero-order valence-corrected chi connectivity index (χ0v) is 12.5. The molecule has 2 aromatic rings. The Kier molecular flexibility index (Phi) is 5.28. The Morgan fingerprint density at radius 2 is 1.87 bits per heavy atom. The molecule has 0 spiro atoms. The van der Waals surface area contributed by atoms with E-state index in [1.807, 2.05) is 0 Å². The Bertz CT molecular complexity index is 725. The minimum absolute atomic E-state index is 0.186. The lowest BCUT2D eigenvalue weighted by Gasteiger charge is -2.29. The first-order valence-electron chi connectivity index (χ1n) is 6.61. The maximum atomic E-state index is 14.3. The Balaban J connectivity index is 2.63. The van der Waals surface area contributed by atoms with E-state index < -0.39 is 35.8 Å². The predicted molar refractivity (Wildman–Crippen MR) is 81.7 cm³/mol. The van der Waals surface area contributed by atoms with Crippen molar-refractivity contribution >= 4 is 29.7 Å². The largest absolute Gasteiger partial charge is 0.465 e. The van der Waals surface area contributed by atoms with Gasteiger partial charge in [0, 0.05) is 17.7 Å². The number of hydrogen-bond donors (Lipinski definition) is 1. The molecule has 1 N–H and O–H groups in total. The smallest absolute Gasteiger partial charge is 0.412 e. The van der Waals surface area contributed by atoms with Crippen LogP contribution in [-0.4, -0.2) is 17.5 Å². The second kappa shape index (κ2) is 7.19. The molecular formula is C16H12ClF2NO3. The van der Waals surface area contributed by atoms with Crippen LogP contribution in [0.5, 0.6) is 0 Å². The number of para-hydroxylation sites is 1. The van der Waals surface area contributed by atoms with Crippen LogP contribution >= 0.6 is 11.6 Å². The normalized spacial score (nSPS) is 11.8. The van der Waals surface area contributed by atoms with Crippen LogP contribution in [0.2, 0.25) is 5.02 Å². The van der Waals surface area contributed by atoms with Crippen molar-refractivity contribution in [2.45, 2.75) is 12.5 Å². The first kappa shape index (κ1) is 16.9. The van der Waals surface area contributed by atoms with Gasteiger partial charge in [-0.05, 0) is 24.3 Å². The molecular weight excluding hydrogens is 328 g/mol. The van der Waals surface area contributed by atoms with E-state index in [2.05, 4.69) is 0 Å². The van der Waals surface area contributed by atoms with Gasteiger partial charge in [0.05, 0.1) is 11.1 Å². The van der Waals surface area contributed by atoms with Crippen molar-refractivity contribution in [1.82, 2.24) is 0 Å². The molecule has 0 saturated heterocycles. The van der Waals surface area contributed by atoms with Crippen LogP contribution in [0.3, 0.4) is 0 Å². The standard InChI is InChI=1S/C16H12ClF2NO3/c17-11-6-7-12(18)14(15(11)19)13(8-9-21)20(16(22)23)10-4-2-1-3-5-10/h1-7,9,13H,8H2,(H,22,23)/t13-/m0/s1. The van der Waals surface area contributed by atoms with Gasteiger partial charge < -0.3 is 9.90 Å². The molecule has 0 aromatic heterocycles. The van der Waals surface area contributed by atoms with Crippen molar-refractivity contribution < 1.29 is 23.5 Å². The van der Waals surface area contributed by atoms with Crippen molar-refractivity contribution in [3.8, 4) is 0 Å². The summed E-state index contributed by atoms with van der Waals surface area (Å²) < 4.78 is 28.4. The number of carbonyl (C=O) groups excluding carboxylic acids is 1. The molecule has 0 fully saturated rings. The summed E-state index contributed by atoms with van der Waals surface area (Å²) in [4.78, 5) is 23.3. The van der Waals surface area contributed by atoms with Gasteiger partial charge in [-0.3, -0.25) is 4.90 Å². The molecule has 4 nitrogen and oxygen atoms in total. The van der Waals surface area contributed by atoms with Gasteiger partial charge in [-0.1, -0.05) is 29.8 Å². The van der Waals surface area contributed by atoms with E-state index in [4.69, 9.17) is 11.6 Å². The summed E-state index contributed by atoms with van der Waals surface area (Å²) in [6.45, 7) is 0. The molecule has 0 radical (unpaired) electrons. The van der Waals surface area contributed by atoms with Crippen LogP contribution in [0.1, 0.15) is 18.0 Å². The number of amides is 1. The first-order chi connectivity index (χ1) is 11.0. The maximum absolute atomic E-state index is 14.3. The van der Waals surface area contributed by atoms with E-state index >= 15 is 0 Å². The molecule has 1 atom stereocenters. The van der Waals surface area contributed by atoms with Crippen LogP contribution < -0.4 is 4.90 Å². The van der Waals surface area contributed by atoms with Gasteiger partial charge in [0.15, 0.2) is 0 Å². The van der Waals surface area contributed by atoms with Crippen LogP contribution in [0.25, 0.3) is 0 Å². The number of carboxylic acid groups (broad SMARTS) is 1. The van der Waals surface area contributed by atoms with Gasteiger partial charge >= 0.3 is 6.09 Å². The van der Waals surface area contributed by atoms with Crippen LogP contribution in [0.15, 0.2) is 42.5 Å². The number of benzene rings is 2. The number of rotatable bonds is 5. The monoisotopic (exact) mass is 339 g/mol. The third kappa shape index (κ3) is 3.48. The van der Waals surface area contributed by atoms with E-state index in [9.17, 15) is 23.5 Å². The minimum atomic E-state index is -1.44. The zero-order valence-electron chi connectivity index (χ0n) is 11.7. The summed E-state index contributed by atoms with van der Waals surface area (Å²) >= 11 is 5.66. The Hall–Kier alpha value is -2.47. The first-order valence-corrected chi connectivity index (χ1v) is 6.99. The summed E-state index contributed by atoms with van der Waals surface area (Å²) in [5.41, 5.74) is -0.374. The fourth-order valence-corrected chi connectivity index (χ4v) is 2.47. The summed E-state index contributed by atoms with van der Waals surface area (Å²) in [6, 6.07) is 8.34. The Morgan fingerprint density at radius 1 is 1.22 bits per heavy atom. The highest BCUT2D eigenvalue weighted by Crippen LogP contribution is 2.34. The lowest BCUT2D eigenvalue weighted by atomic mass is 10.0. The average molecular weight is 340 g/mol. The van der Waals surface area contributed by atoms with E-state index in [1.54, 1.807) is 18.2 Å². The Morgan fingerprint density at radius 3 is 2.43 bits per heavy atom. The summed E-state index contributed by atoms with van der Waals surface area (Å²) in [5.74, 6) is -2.05. The molecule has 23 heavy (non-hydrogen) atoms. The molecule has 120 valence electrons. The molecule has 1 amide bonds. The fourth-order valence-electron chi connectivity index (χ4n) is 2.30. The summed E-state index contributed by atoms with van der Waals surface area (Å²) in [5, 5.41) is 9.12. The van der Waals surface area contributed by atoms with E-state index in [0.717, 1.165) is 17.0 Å². The third-order valence-corrected chi connectivity index (χ3v) is 3.58. The van der Waals surface area contributed by atoms with Crippen molar-refractivity contribution in [3.05, 3.63) is 64.7 Å². The zero-order chi connectivity index (χ0) is 17.0. The second-order valence-electron chi connectivity index (χ2n) is 4.66. The van der Waals surface area contributed by atoms with Gasteiger partial charge in [0.1, 0.15) is 17.9 Å². The van der Waals surface area contributed by atoms with Crippen molar-refractivity contribution in [1.29, 1.82) is 0 Å². The molecule has 2 aromatic carbocycles. The molecule has 0 aliphatic carbocycles. The number of nitrogens with zero attached hydrogens (tertiary/aromatic N) is 1. The predicted octanol–water partition coefficient (Wildman–Crippen LogP) is 4.43. The third-order valence-electron chi connectivity index (χ3n) is 3.28. The maximum Gasteiger partial charge on any atom is 0.412 e. The van der Waals surface area contributed by atoms with Gasteiger partial charge in [-0.2, -0.15) is 0 Å². The highest BCUT2D eigenvalue weighted by Gasteiger charge is 2.31. The van der Waals surface area contributed by atoms with Gasteiger partial charge in [0.2, 0.25) is 0 Å². The summed E-state index contributed by atoms with van der Waals surface area (Å²) in [7, 11) is 0. The van der Waals surface area contributed by atoms with Crippen LogP contribution in [-0.2, 0) is 4.79 Å². The highest BCUT2D eigenvalue weighted by molar-refractivity contribution is 6.30. The molecule has 0 saturated carbocycles. The molecule has 0 aliphatic rings. The number of anilines is 1. The molecule has 0 unspecified atom stereocenters. The SMILES string of the molecule is O=CC[C@@H](c1c(F)ccc(Cl)c1F)N(C(=O)O)c1ccccc1. The van der Waals surface area contributed by atoms with Crippen LogP contribution in [0, 0.1) is 11.6 Å². The lowest BCUT2D eigenvalue weighted by molar-refractivity contribution is -0.108. The average Bonchev–Trinajstić information content (AvgIpc) is 2.52. The molecule has 7 heteroatoms. The van der Waals surface area contributed by atoms with E-state index in [1.165, 1.54) is 12.1 Å². The minimum Gasteiger partial charge on any atom is -0.465 e. The van der Waals surface area contributed by atoms with Crippen molar-refractivity contribution in [2.75, 3.05) is 4.90 Å². The Labute approximate surface area is 135 Å². The quantitative estimate of drug-likeness (QED) is 0.647. The van der Waals surface area contributed by atoms with Crippen molar-refractivity contribution in [2.24, 2.45) is 0 Å². The fraction of sp³-hybridized carbons (Fsp3) is 0.125. The molecule has 2 rings (SSSR count). The van der Waals surface area contributed by atoms with Crippen molar-refractivity contribution in [3.63, 3.8) is 0 Å². The number of carbonyl (C=O) groups is 2. The number of hydrogen-bond acceptors (Lipinski definition) is 2. The van der Waals surface area contributed by atoms with Gasteiger partial charge in [-0.15, -0.1) is 0 Å². The number of aldehydes is 1. The van der Waals surface area contributed by atoms with E-state index in [0.29, 0.717) is 6.29 Å². The second-order valence-corrected chi connectivity index (χ2v) is 5.07. The van der Waals surface area contributed by atoms with Gasteiger partial charge in [-0.25, -0.2) is 13.6 Å².